The van der Waals surface area contributed by atoms with Gasteiger partial charge in [-0.05, 0) is 105 Å². The molecule has 0 unspecified atom stereocenters. The summed E-state index contributed by atoms with van der Waals surface area (Å²) in [5.41, 5.74) is 12.2. The third-order valence-corrected chi connectivity index (χ3v) is 14.6. The Morgan fingerprint density at radius 2 is 0.921 bits per heavy atom. The Morgan fingerprint density at radius 3 is 1.29 bits per heavy atom. The molecule has 0 bridgehead atoms. The summed E-state index contributed by atoms with van der Waals surface area (Å²) in [6, 6.07) is 27.1. The van der Waals surface area contributed by atoms with E-state index in [0.29, 0.717) is 5.54 Å². The lowest BCUT2D eigenvalue weighted by Crippen LogP contribution is -2.70. The summed E-state index contributed by atoms with van der Waals surface area (Å²) in [6.45, 7) is 18.6. The third kappa shape index (κ3) is 5.28. The zero-order valence-corrected chi connectivity index (χ0v) is 26.2. The zero-order valence-electron chi connectivity index (χ0n) is 25.2. The van der Waals surface area contributed by atoms with Gasteiger partial charge in [-0.2, -0.15) is 0 Å². The first-order valence-corrected chi connectivity index (χ1v) is 16.9. The van der Waals surface area contributed by atoms with Crippen LogP contribution in [0.2, 0.25) is 5.54 Å². The van der Waals surface area contributed by atoms with Crippen LogP contribution in [0.25, 0.3) is 0 Å². The molecule has 1 heteroatoms. The van der Waals surface area contributed by atoms with Crippen LogP contribution in [0.5, 0.6) is 0 Å². The topological polar surface area (TPSA) is 0 Å². The zero-order chi connectivity index (χ0) is 27.4. The lowest BCUT2D eigenvalue weighted by Gasteiger charge is -2.41. The van der Waals surface area contributed by atoms with Gasteiger partial charge in [-0.15, -0.1) is 0 Å². The first-order valence-electron chi connectivity index (χ1n) is 14.9. The highest BCUT2D eigenvalue weighted by Crippen LogP contribution is 2.46. The molecule has 3 aromatic carbocycles. The standard InChI is InChI=1S/C37H48Si/c1-9-11-13-32-15-19-34(20-16-32)38(36-24-26(3)23-27(4)25-36,37-30(7)28(5)29(6)31(37)8)35-21-17-33(18-22-35)14-12-10-2/h15-25,37H,9-14H2,1-8H3. The molecule has 200 valence electrons. The predicted molar refractivity (Wildman–Crippen MR) is 171 cm³/mol. The molecule has 0 saturated heterocycles. The van der Waals surface area contributed by atoms with Gasteiger partial charge in [0.05, 0.1) is 0 Å². The smallest absolute Gasteiger partial charge is 0.0654 e. The maximum atomic E-state index is 2.51. The summed E-state index contributed by atoms with van der Waals surface area (Å²) in [5, 5.41) is 4.62. The van der Waals surface area contributed by atoms with Crippen LogP contribution in [-0.4, -0.2) is 8.07 Å². The fourth-order valence-corrected chi connectivity index (χ4v) is 12.9. The van der Waals surface area contributed by atoms with Crippen molar-refractivity contribution in [3.63, 3.8) is 0 Å². The highest BCUT2D eigenvalue weighted by Gasteiger charge is 2.50. The number of hydrogen-bond acceptors (Lipinski definition) is 0. The van der Waals surface area contributed by atoms with Crippen LogP contribution in [0.1, 0.15) is 89.5 Å². The number of aryl methyl sites for hydroxylation is 4. The van der Waals surface area contributed by atoms with E-state index < -0.39 is 8.07 Å². The normalized spacial score (nSPS) is 14.6. The van der Waals surface area contributed by atoms with Crippen molar-refractivity contribution in [1.82, 2.24) is 0 Å². The Labute approximate surface area is 233 Å². The Kier molecular flexibility index (Phi) is 8.99. The van der Waals surface area contributed by atoms with Crippen LogP contribution < -0.4 is 15.6 Å². The van der Waals surface area contributed by atoms with Crippen molar-refractivity contribution in [3.8, 4) is 0 Å². The van der Waals surface area contributed by atoms with Gasteiger partial charge in [0.2, 0.25) is 0 Å². The number of allylic oxidation sites excluding steroid dienone is 4. The van der Waals surface area contributed by atoms with Crippen molar-refractivity contribution in [2.75, 3.05) is 0 Å². The van der Waals surface area contributed by atoms with Gasteiger partial charge in [-0.25, -0.2) is 0 Å². The molecule has 1 aliphatic rings. The largest absolute Gasteiger partial charge is 0.159 e. The van der Waals surface area contributed by atoms with Crippen LogP contribution in [0.15, 0.2) is 89.0 Å². The fourth-order valence-electron chi connectivity index (χ4n) is 6.83. The van der Waals surface area contributed by atoms with E-state index in [1.54, 1.807) is 16.3 Å². The molecule has 3 aromatic rings. The van der Waals surface area contributed by atoms with Gasteiger partial charge < -0.3 is 0 Å². The van der Waals surface area contributed by atoms with Crippen molar-refractivity contribution in [2.45, 2.75) is 99.5 Å². The van der Waals surface area contributed by atoms with E-state index in [4.69, 9.17) is 0 Å². The van der Waals surface area contributed by atoms with E-state index in [0.717, 1.165) is 0 Å². The van der Waals surface area contributed by atoms with Gasteiger partial charge in [0.15, 0.2) is 8.07 Å². The Bertz CT molecular complexity index is 1220. The minimum Gasteiger partial charge on any atom is -0.0654 e. The minimum absolute atomic E-state index is 0.423. The summed E-state index contributed by atoms with van der Waals surface area (Å²) in [6.07, 6.45) is 7.32. The summed E-state index contributed by atoms with van der Waals surface area (Å²) >= 11 is 0. The Hall–Kier alpha value is -2.64. The molecule has 0 fully saturated rings. The predicted octanol–water partition coefficient (Wildman–Crippen LogP) is 8.52. The molecule has 0 spiro atoms. The quantitative estimate of drug-likeness (QED) is 0.186. The second-order valence-corrected chi connectivity index (χ2v) is 15.8. The van der Waals surface area contributed by atoms with Crippen molar-refractivity contribution in [3.05, 3.63) is 111 Å². The SMILES string of the molecule is CCCCc1ccc([Si](c2ccc(CCCC)cc2)(c2cc(C)cc(C)c2)C2C(C)=C(C)C(C)=C2C)cc1. The lowest BCUT2D eigenvalue weighted by atomic mass is 10.1. The molecule has 0 aromatic heterocycles. The van der Waals surface area contributed by atoms with Gasteiger partial charge in [0, 0.05) is 5.54 Å². The summed E-state index contributed by atoms with van der Waals surface area (Å²) < 4.78 is 0. The second kappa shape index (κ2) is 12.0. The molecule has 0 N–H and O–H groups in total. The van der Waals surface area contributed by atoms with Gasteiger partial charge in [0.1, 0.15) is 0 Å². The minimum atomic E-state index is -2.49. The molecule has 0 saturated carbocycles. The van der Waals surface area contributed by atoms with Gasteiger partial charge in [-0.3, -0.25) is 0 Å². The van der Waals surface area contributed by atoms with E-state index in [9.17, 15) is 0 Å². The molecule has 1 aliphatic carbocycles. The summed E-state index contributed by atoms with van der Waals surface area (Å²) in [4.78, 5) is 0. The molecule has 38 heavy (non-hydrogen) atoms. The molecule has 0 amide bonds. The van der Waals surface area contributed by atoms with Gasteiger partial charge in [0.25, 0.3) is 0 Å². The monoisotopic (exact) mass is 520 g/mol. The highest BCUT2D eigenvalue weighted by atomic mass is 28.3. The number of hydrogen-bond donors (Lipinski definition) is 0. The van der Waals surface area contributed by atoms with Crippen LogP contribution in [-0.2, 0) is 12.8 Å². The molecule has 0 radical (unpaired) electrons. The molecule has 0 atom stereocenters. The first-order chi connectivity index (χ1) is 18.2. The Balaban J connectivity index is 2.05. The fraction of sp³-hybridized carbons (Fsp3) is 0.405. The van der Waals surface area contributed by atoms with E-state index in [1.165, 1.54) is 82.3 Å². The highest BCUT2D eigenvalue weighted by molar-refractivity contribution is 7.13. The second-order valence-electron chi connectivity index (χ2n) is 11.8. The molecule has 4 rings (SSSR count). The van der Waals surface area contributed by atoms with Gasteiger partial charge >= 0.3 is 0 Å². The van der Waals surface area contributed by atoms with E-state index in [2.05, 4.69) is 122 Å². The number of unbranched alkanes of at least 4 members (excludes halogenated alkanes) is 2. The van der Waals surface area contributed by atoms with Crippen LogP contribution in [0, 0.1) is 13.8 Å². The molecule has 0 aliphatic heterocycles. The Morgan fingerprint density at radius 1 is 0.526 bits per heavy atom. The third-order valence-electron chi connectivity index (χ3n) is 9.18. The van der Waals surface area contributed by atoms with E-state index in [-0.39, 0.29) is 0 Å². The molecular formula is C37H48Si. The molecular weight excluding hydrogens is 472 g/mol. The summed E-state index contributed by atoms with van der Waals surface area (Å²) in [5.74, 6) is 0. The first kappa shape index (κ1) is 28.4. The average molecular weight is 521 g/mol. The summed E-state index contributed by atoms with van der Waals surface area (Å²) in [7, 11) is -2.49. The van der Waals surface area contributed by atoms with Gasteiger partial charge in [-0.1, -0.05) is 116 Å². The molecule has 0 heterocycles. The lowest BCUT2D eigenvalue weighted by molar-refractivity contribution is 0.795. The van der Waals surface area contributed by atoms with Crippen LogP contribution in [0.3, 0.4) is 0 Å². The van der Waals surface area contributed by atoms with Crippen molar-refractivity contribution in [2.24, 2.45) is 0 Å². The van der Waals surface area contributed by atoms with Crippen molar-refractivity contribution >= 4 is 23.6 Å². The number of benzene rings is 3. The average Bonchev–Trinajstić information content (AvgIpc) is 3.10. The van der Waals surface area contributed by atoms with E-state index in [1.807, 2.05) is 0 Å². The number of rotatable bonds is 10. The maximum absolute atomic E-state index is 2.51. The molecule has 0 nitrogen and oxygen atoms in total. The van der Waals surface area contributed by atoms with Crippen LogP contribution in [0.4, 0.5) is 0 Å². The van der Waals surface area contributed by atoms with Crippen molar-refractivity contribution < 1.29 is 0 Å². The maximum Gasteiger partial charge on any atom is 0.159 e. The van der Waals surface area contributed by atoms with E-state index >= 15 is 0 Å². The van der Waals surface area contributed by atoms with Crippen molar-refractivity contribution in [1.29, 1.82) is 0 Å². The van der Waals surface area contributed by atoms with Crippen LogP contribution >= 0.6 is 0 Å².